The third-order valence-corrected chi connectivity index (χ3v) is 2.26. The molecule has 1 fully saturated rings. The summed E-state index contributed by atoms with van der Waals surface area (Å²) >= 11 is 0. The molecule has 0 radical (unpaired) electrons. The summed E-state index contributed by atoms with van der Waals surface area (Å²) in [6.45, 7) is 0.940. The number of nitrogens with one attached hydrogen (secondary N) is 1. The molecule has 0 heterocycles. The van der Waals surface area contributed by atoms with Crippen molar-refractivity contribution in [3.8, 4) is 0 Å². The summed E-state index contributed by atoms with van der Waals surface area (Å²) in [5.74, 6) is 0. The highest BCUT2D eigenvalue weighted by molar-refractivity contribution is 4.80. The van der Waals surface area contributed by atoms with E-state index in [-0.39, 0.29) is 6.61 Å². The first-order valence-corrected chi connectivity index (χ1v) is 4.24. The van der Waals surface area contributed by atoms with Crippen molar-refractivity contribution in [2.24, 2.45) is 0 Å². The maximum atomic E-state index is 8.56. The van der Waals surface area contributed by atoms with E-state index in [2.05, 4.69) is 5.32 Å². The minimum absolute atomic E-state index is 0.230. The van der Waals surface area contributed by atoms with Crippen molar-refractivity contribution >= 4 is 0 Å². The fourth-order valence-corrected chi connectivity index (χ4v) is 1.61. The Morgan fingerprint density at radius 2 is 2.36 bits per heavy atom. The van der Waals surface area contributed by atoms with Crippen LogP contribution in [0.25, 0.3) is 0 Å². The average Bonchev–Trinajstić information content (AvgIpc) is 2.48. The van der Waals surface area contributed by atoms with Crippen molar-refractivity contribution < 1.29 is 9.84 Å². The van der Waals surface area contributed by atoms with Gasteiger partial charge in [0.25, 0.3) is 0 Å². The summed E-state index contributed by atoms with van der Waals surface area (Å²) in [5.41, 5.74) is 0. The summed E-state index contributed by atoms with van der Waals surface area (Å²) in [6, 6.07) is 0.562. The molecule has 3 nitrogen and oxygen atoms in total. The van der Waals surface area contributed by atoms with Crippen LogP contribution in [-0.2, 0) is 4.74 Å². The molecule has 0 amide bonds. The zero-order valence-corrected chi connectivity index (χ0v) is 7.05. The molecule has 1 saturated carbocycles. The van der Waals surface area contributed by atoms with Gasteiger partial charge in [0.05, 0.1) is 12.7 Å². The first-order chi connectivity index (χ1) is 5.36. The van der Waals surface area contributed by atoms with Crippen molar-refractivity contribution in [3.63, 3.8) is 0 Å². The standard InChI is InChI=1S/C8H17NO2/c1-11-8-3-2-7(6-8)9-4-5-10/h7-10H,2-6H2,1H3. The maximum absolute atomic E-state index is 8.56. The summed E-state index contributed by atoms with van der Waals surface area (Å²) in [7, 11) is 1.76. The summed E-state index contributed by atoms with van der Waals surface area (Å²) in [6.07, 6.45) is 3.86. The lowest BCUT2D eigenvalue weighted by Crippen LogP contribution is -2.29. The molecule has 66 valence electrons. The van der Waals surface area contributed by atoms with Gasteiger partial charge in [-0.2, -0.15) is 0 Å². The highest BCUT2D eigenvalue weighted by Crippen LogP contribution is 2.20. The Bertz CT molecular complexity index is 108. The molecule has 0 aromatic carbocycles. The van der Waals surface area contributed by atoms with Crippen LogP contribution in [0.2, 0.25) is 0 Å². The molecule has 1 rings (SSSR count). The van der Waals surface area contributed by atoms with Crippen LogP contribution < -0.4 is 5.32 Å². The van der Waals surface area contributed by atoms with E-state index in [1.165, 1.54) is 6.42 Å². The third kappa shape index (κ3) is 2.77. The number of methoxy groups -OCH3 is 1. The topological polar surface area (TPSA) is 41.5 Å². The second-order valence-electron chi connectivity index (χ2n) is 3.05. The molecular weight excluding hydrogens is 142 g/mol. The van der Waals surface area contributed by atoms with Crippen molar-refractivity contribution in [1.29, 1.82) is 0 Å². The van der Waals surface area contributed by atoms with Crippen LogP contribution >= 0.6 is 0 Å². The molecule has 0 aliphatic heterocycles. The van der Waals surface area contributed by atoms with Crippen molar-refractivity contribution in [1.82, 2.24) is 5.32 Å². The first-order valence-electron chi connectivity index (χ1n) is 4.24. The Morgan fingerprint density at radius 3 is 2.91 bits per heavy atom. The molecule has 2 N–H and O–H groups in total. The molecule has 0 saturated heterocycles. The Hall–Kier alpha value is -0.120. The van der Waals surface area contributed by atoms with Crippen molar-refractivity contribution in [2.45, 2.75) is 31.4 Å². The van der Waals surface area contributed by atoms with Crippen LogP contribution in [0, 0.1) is 0 Å². The largest absolute Gasteiger partial charge is 0.395 e. The van der Waals surface area contributed by atoms with Gasteiger partial charge in [-0.05, 0) is 19.3 Å². The SMILES string of the molecule is COC1CCC(NCCO)C1. The van der Waals surface area contributed by atoms with Crippen LogP contribution in [0.5, 0.6) is 0 Å². The van der Waals surface area contributed by atoms with Gasteiger partial charge < -0.3 is 15.2 Å². The van der Waals surface area contributed by atoms with E-state index >= 15 is 0 Å². The molecule has 1 aliphatic carbocycles. The van der Waals surface area contributed by atoms with E-state index in [1.54, 1.807) is 7.11 Å². The summed E-state index contributed by atoms with van der Waals surface area (Å²) in [4.78, 5) is 0. The number of aliphatic hydroxyl groups is 1. The number of rotatable bonds is 4. The van der Waals surface area contributed by atoms with Crippen LogP contribution in [-0.4, -0.2) is 37.5 Å². The molecule has 2 atom stereocenters. The highest BCUT2D eigenvalue weighted by Gasteiger charge is 2.23. The molecule has 2 unspecified atom stereocenters. The van der Waals surface area contributed by atoms with E-state index < -0.39 is 0 Å². The number of hydrogen-bond donors (Lipinski definition) is 2. The van der Waals surface area contributed by atoms with Gasteiger partial charge in [0.1, 0.15) is 0 Å². The van der Waals surface area contributed by atoms with Gasteiger partial charge in [0.15, 0.2) is 0 Å². The van der Waals surface area contributed by atoms with Crippen molar-refractivity contribution in [3.05, 3.63) is 0 Å². The minimum Gasteiger partial charge on any atom is -0.395 e. The lowest BCUT2D eigenvalue weighted by molar-refractivity contribution is 0.106. The number of hydrogen-bond acceptors (Lipinski definition) is 3. The van der Waals surface area contributed by atoms with Crippen LogP contribution in [0.3, 0.4) is 0 Å². The predicted octanol–water partition coefficient (Wildman–Crippen LogP) is 0.136. The second kappa shape index (κ2) is 4.70. The predicted molar refractivity (Wildman–Crippen MR) is 43.5 cm³/mol. The normalized spacial score (nSPS) is 31.1. The first kappa shape index (κ1) is 8.97. The number of aliphatic hydroxyl groups excluding tert-OH is 1. The second-order valence-corrected chi connectivity index (χ2v) is 3.05. The lowest BCUT2D eigenvalue weighted by Gasteiger charge is -2.10. The molecule has 1 aliphatic rings. The zero-order valence-electron chi connectivity index (χ0n) is 7.05. The molecule has 11 heavy (non-hydrogen) atoms. The van der Waals surface area contributed by atoms with E-state index in [0.717, 1.165) is 12.8 Å². The highest BCUT2D eigenvalue weighted by atomic mass is 16.5. The van der Waals surface area contributed by atoms with Gasteiger partial charge in [-0.15, -0.1) is 0 Å². The third-order valence-electron chi connectivity index (χ3n) is 2.26. The molecule has 0 aromatic rings. The quantitative estimate of drug-likeness (QED) is 0.613. The Kier molecular flexibility index (Phi) is 3.83. The molecule has 0 spiro atoms. The maximum Gasteiger partial charge on any atom is 0.0586 e. The van der Waals surface area contributed by atoms with Gasteiger partial charge in [0, 0.05) is 19.7 Å². The molecule has 0 bridgehead atoms. The van der Waals surface area contributed by atoms with E-state index in [9.17, 15) is 0 Å². The minimum atomic E-state index is 0.230. The van der Waals surface area contributed by atoms with E-state index in [4.69, 9.17) is 9.84 Å². The summed E-state index contributed by atoms with van der Waals surface area (Å²) < 4.78 is 5.22. The van der Waals surface area contributed by atoms with Gasteiger partial charge in [0.2, 0.25) is 0 Å². The Labute approximate surface area is 67.7 Å². The molecule has 3 heteroatoms. The zero-order chi connectivity index (χ0) is 8.10. The van der Waals surface area contributed by atoms with Gasteiger partial charge in [-0.3, -0.25) is 0 Å². The van der Waals surface area contributed by atoms with E-state index in [0.29, 0.717) is 18.7 Å². The van der Waals surface area contributed by atoms with Crippen LogP contribution in [0.4, 0.5) is 0 Å². The van der Waals surface area contributed by atoms with Gasteiger partial charge in [-0.25, -0.2) is 0 Å². The van der Waals surface area contributed by atoms with Crippen LogP contribution in [0.1, 0.15) is 19.3 Å². The van der Waals surface area contributed by atoms with Gasteiger partial charge in [-0.1, -0.05) is 0 Å². The smallest absolute Gasteiger partial charge is 0.0586 e. The van der Waals surface area contributed by atoms with E-state index in [1.807, 2.05) is 0 Å². The van der Waals surface area contributed by atoms with Crippen LogP contribution in [0.15, 0.2) is 0 Å². The molecular formula is C8H17NO2. The van der Waals surface area contributed by atoms with Crippen molar-refractivity contribution in [2.75, 3.05) is 20.3 Å². The Morgan fingerprint density at radius 1 is 1.55 bits per heavy atom. The summed E-state index contributed by atoms with van der Waals surface area (Å²) in [5, 5.41) is 11.8. The monoisotopic (exact) mass is 159 g/mol. The average molecular weight is 159 g/mol. The fraction of sp³-hybridized carbons (Fsp3) is 1.00. The fourth-order valence-electron chi connectivity index (χ4n) is 1.61. The lowest BCUT2D eigenvalue weighted by atomic mass is 10.2. The Balaban J connectivity index is 2.09. The van der Waals surface area contributed by atoms with Gasteiger partial charge >= 0.3 is 0 Å². The number of ether oxygens (including phenoxy) is 1. The molecule has 0 aromatic heterocycles.